The van der Waals surface area contributed by atoms with Gasteiger partial charge in [-0.25, -0.2) is 0 Å². The lowest BCUT2D eigenvalue weighted by Gasteiger charge is -2.19. The van der Waals surface area contributed by atoms with Crippen molar-refractivity contribution < 1.29 is 24.2 Å². The number of carbonyl (C=O) groups excluding carboxylic acids is 2. The van der Waals surface area contributed by atoms with Crippen LogP contribution in [0.3, 0.4) is 0 Å². The van der Waals surface area contributed by atoms with Crippen LogP contribution in [-0.4, -0.2) is 59.2 Å². The van der Waals surface area contributed by atoms with Crippen LogP contribution in [0.2, 0.25) is 0 Å². The van der Waals surface area contributed by atoms with Crippen LogP contribution in [0.1, 0.15) is 39.5 Å². The highest BCUT2D eigenvalue weighted by Crippen LogP contribution is 2.17. The molecular formula is C15H26N2O5S. The van der Waals surface area contributed by atoms with Gasteiger partial charge >= 0.3 is 11.9 Å². The fourth-order valence-corrected chi connectivity index (χ4v) is 3.26. The van der Waals surface area contributed by atoms with Gasteiger partial charge in [-0.3, -0.25) is 19.7 Å². The fraction of sp³-hybridized carbons (Fsp3) is 0.800. The molecular weight excluding hydrogens is 320 g/mol. The Labute approximate surface area is 140 Å². The Morgan fingerprint density at radius 3 is 2.52 bits per heavy atom. The zero-order valence-corrected chi connectivity index (χ0v) is 14.5. The topological polar surface area (TPSA) is 105 Å². The van der Waals surface area contributed by atoms with Crippen LogP contribution >= 0.6 is 11.8 Å². The lowest BCUT2D eigenvalue weighted by atomic mass is 10.2. The quantitative estimate of drug-likeness (QED) is 0.502. The highest BCUT2D eigenvalue weighted by atomic mass is 32.2. The highest BCUT2D eigenvalue weighted by Gasteiger charge is 2.25. The first-order chi connectivity index (χ1) is 10.9. The summed E-state index contributed by atoms with van der Waals surface area (Å²) in [7, 11) is 0. The molecule has 1 aliphatic carbocycles. The number of carboxylic acid groups (broad SMARTS) is 1. The van der Waals surface area contributed by atoms with Crippen molar-refractivity contribution in [2.24, 2.45) is 0 Å². The standard InChI is InChI=1S/C15H26N2O5S/c1-3-22-15(21)12(16-10(2)14(19)20)8-23-9-13(18)17-11-6-4-5-7-11/h10-12,16H,3-9H2,1-2H3,(H,17,18)(H,19,20)/t10?,12-/m0/s1. The third-order valence-electron chi connectivity index (χ3n) is 3.63. The van der Waals surface area contributed by atoms with Gasteiger partial charge in [0.2, 0.25) is 5.91 Å². The van der Waals surface area contributed by atoms with E-state index in [1.807, 2.05) is 0 Å². The van der Waals surface area contributed by atoms with Crippen LogP contribution in [0.15, 0.2) is 0 Å². The van der Waals surface area contributed by atoms with Crippen LogP contribution in [0.25, 0.3) is 0 Å². The number of hydrogen-bond donors (Lipinski definition) is 3. The summed E-state index contributed by atoms with van der Waals surface area (Å²) in [6.45, 7) is 3.38. The maximum Gasteiger partial charge on any atom is 0.324 e. The van der Waals surface area contributed by atoms with Crippen LogP contribution < -0.4 is 10.6 Å². The fourth-order valence-electron chi connectivity index (χ4n) is 2.41. The summed E-state index contributed by atoms with van der Waals surface area (Å²) in [6, 6.07) is -1.34. The van der Waals surface area contributed by atoms with Crippen molar-refractivity contribution in [1.82, 2.24) is 10.6 Å². The van der Waals surface area contributed by atoms with Gasteiger partial charge in [-0.05, 0) is 26.7 Å². The van der Waals surface area contributed by atoms with Crippen molar-refractivity contribution in [3.63, 3.8) is 0 Å². The summed E-state index contributed by atoms with van der Waals surface area (Å²) in [5.41, 5.74) is 0. The minimum Gasteiger partial charge on any atom is -0.480 e. The zero-order valence-electron chi connectivity index (χ0n) is 13.7. The Balaban J connectivity index is 2.38. The minimum atomic E-state index is -1.04. The molecule has 1 amide bonds. The predicted octanol–water partition coefficient (Wildman–Crippen LogP) is 0.773. The van der Waals surface area contributed by atoms with Crippen molar-refractivity contribution in [3.8, 4) is 0 Å². The average molecular weight is 346 g/mol. The molecule has 0 aromatic heterocycles. The normalized spacial score (nSPS) is 17.5. The SMILES string of the molecule is CCOC(=O)[C@H](CSCC(=O)NC1CCCC1)NC(C)C(=O)O. The van der Waals surface area contributed by atoms with Gasteiger partial charge in [-0.15, -0.1) is 11.8 Å². The van der Waals surface area contributed by atoms with Crippen molar-refractivity contribution in [1.29, 1.82) is 0 Å². The summed E-state index contributed by atoms with van der Waals surface area (Å²) in [6.07, 6.45) is 4.36. The van der Waals surface area contributed by atoms with Gasteiger partial charge in [0.1, 0.15) is 12.1 Å². The average Bonchev–Trinajstić information content (AvgIpc) is 2.98. The van der Waals surface area contributed by atoms with Crippen LogP contribution in [0.4, 0.5) is 0 Å². The Bertz CT molecular complexity index is 413. The van der Waals surface area contributed by atoms with Gasteiger partial charge < -0.3 is 15.2 Å². The van der Waals surface area contributed by atoms with Gasteiger partial charge in [-0.2, -0.15) is 0 Å². The number of amides is 1. The number of aliphatic carboxylic acids is 1. The molecule has 7 nitrogen and oxygen atoms in total. The van der Waals surface area contributed by atoms with E-state index in [1.165, 1.54) is 18.7 Å². The van der Waals surface area contributed by atoms with Gasteiger partial charge in [0.25, 0.3) is 0 Å². The first-order valence-electron chi connectivity index (χ1n) is 7.96. The van der Waals surface area contributed by atoms with E-state index in [0.717, 1.165) is 25.7 Å². The molecule has 0 heterocycles. The number of esters is 1. The lowest BCUT2D eigenvalue weighted by molar-refractivity contribution is -0.146. The van der Waals surface area contributed by atoms with E-state index in [9.17, 15) is 14.4 Å². The number of rotatable bonds is 10. The predicted molar refractivity (Wildman–Crippen MR) is 88.4 cm³/mol. The molecule has 8 heteroatoms. The summed E-state index contributed by atoms with van der Waals surface area (Å²) in [5, 5.41) is 14.6. The van der Waals surface area contributed by atoms with E-state index >= 15 is 0 Å². The van der Waals surface area contributed by atoms with E-state index in [4.69, 9.17) is 9.84 Å². The molecule has 0 aromatic carbocycles. The number of carboxylic acids is 1. The third-order valence-corrected chi connectivity index (χ3v) is 4.67. The van der Waals surface area contributed by atoms with Crippen molar-refractivity contribution in [3.05, 3.63) is 0 Å². The Hall–Kier alpha value is -1.28. The molecule has 132 valence electrons. The van der Waals surface area contributed by atoms with Crippen molar-refractivity contribution in [2.45, 2.75) is 57.7 Å². The molecule has 2 atom stereocenters. The first-order valence-corrected chi connectivity index (χ1v) is 9.12. The molecule has 0 spiro atoms. The van der Waals surface area contributed by atoms with Crippen LogP contribution in [0, 0.1) is 0 Å². The molecule has 0 bridgehead atoms. The summed E-state index contributed by atoms with van der Waals surface area (Å²) in [4.78, 5) is 34.6. The Morgan fingerprint density at radius 2 is 1.96 bits per heavy atom. The second-order valence-electron chi connectivity index (χ2n) is 5.60. The number of nitrogens with one attached hydrogen (secondary N) is 2. The smallest absolute Gasteiger partial charge is 0.324 e. The maximum absolute atomic E-state index is 11.9. The molecule has 1 aliphatic rings. The number of ether oxygens (including phenoxy) is 1. The summed E-state index contributed by atoms with van der Waals surface area (Å²) < 4.78 is 4.94. The van der Waals surface area contributed by atoms with E-state index in [0.29, 0.717) is 0 Å². The third kappa shape index (κ3) is 7.69. The second-order valence-corrected chi connectivity index (χ2v) is 6.63. The number of thioether (sulfide) groups is 1. The summed E-state index contributed by atoms with van der Waals surface area (Å²) >= 11 is 1.29. The molecule has 0 saturated heterocycles. The molecule has 1 rings (SSSR count). The molecule has 0 aromatic rings. The summed E-state index contributed by atoms with van der Waals surface area (Å²) in [5.74, 6) is -1.05. The molecule has 1 unspecified atom stereocenters. The molecule has 3 N–H and O–H groups in total. The Kier molecular flexibility index (Phi) is 9.01. The van der Waals surface area contributed by atoms with Gasteiger partial charge in [0, 0.05) is 11.8 Å². The highest BCUT2D eigenvalue weighted by molar-refractivity contribution is 8.00. The van der Waals surface area contributed by atoms with E-state index < -0.39 is 24.0 Å². The van der Waals surface area contributed by atoms with E-state index in [1.54, 1.807) is 6.92 Å². The molecule has 0 radical (unpaired) electrons. The first kappa shape index (κ1) is 19.8. The largest absolute Gasteiger partial charge is 0.480 e. The molecule has 1 fully saturated rings. The van der Waals surface area contributed by atoms with Crippen molar-refractivity contribution >= 4 is 29.6 Å². The van der Waals surface area contributed by atoms with E-state index in [2.05, 4.69) is 10.6 Å². The van der Waals surface area contributed by atoms with Gasteiger partial charge in [0.15, 0.2) is 0 Å². The molecule has 1 saturated carbocycles. The second kappa shape index (κ2) is 10.5. The maximum atomic E-state index is 11.9. The van der Waals surface area contributed by atoms with Gasteiger partial charge in [-0.1, -0.05) is 12.8 Å². The molecule has 0 aliphatic heterocycles. The van der Waals surface area contributed by atoms with E-state index in [-0.39, 0.29) is 30.1 Å². The van der Waals surface area contributed by atoms with Crippen molar-refractivity contribution in [2.75, 3.05) is 18.1 Å². The molecule has 23 heavy (non-hydrogen) atoms. The van der Waals surface area contributed by atoms with Crippen LogP contribution in [-0.2, 0) is 19.1 Å². The number of hydrogen-bond acceptors (Lipinski definition) is 6. The lowest BCUT2D eigenvalue weighted by Crippen LogP contribution is -2.48. The zero-order chi connectivity index (χ0) is 17.2. The number of carbonyl (C=O) groups is 3. The Morgan fingerprint density at radius 1 is 1.30 bits per heavy atom. The minimum absolute atomic E-state index is 0.0456. The van der Waals surface area contributed by atoms with Crippen LogP contribution in [0.5, 0.6) is 0 Å². The monoisotopic (exact) mass is 346 g/mol. The van der Waals surface area contributed by atoms with Gasteiger partial charge in [0.05, 0.1) is 12.4 Å².